The first-order valence-corrected chi connectivity index (χ1v) is 6.04. The van der Waals surface area contributed by atoms with Crippen LogP contribution >= 0.6 is 15.9 Å². The van der Waals surface area contributed by atoms with Gasteiger partial charge in [0, 0.05) is 33.0 Å². The Balaban J connectivity index is 2.12. The zero-order chi connectivity index (χ0) is 12.6. The van der Waals surface area contributed by atoms with Crippen LogP contribution in [0.15, 0.2) is 10.7 Å². The summed E-state index contributed by atoms with van der Waals surface area (Å²) in [6.07, 6.45) is 0.980. The molecule has 1 amide bonds. The number of aryl methyl sites for hydroxylation is 1. The molecule has 1 aliphatic rings. The molecule has 0 bridgehead atoms. The number of hydrogen-bond acceptors (Lipinski definition) is 2. The van der Waals surface area contributed by atoms with Crippen LogP contribution in [0.5, 0.6) is 0 Å². The van der Waals surface area contributed by atoms with Crippen LogP contribution in [0.4, 0.5) is 8.78 Å². The summed E-state index contributed by atoms with van der Waals surface area (Å²) in [4.78, 5) is 13.5. The Morgan fingerprint density at radius 1 is 1.47 bits per heavy atom. The minimum atomic E-state index is -2.64. The van der Waals surface area contributed by atoms with Crippen molar-refractivity contribution in [3.63, 3.8) is 0 Å². The van der Waals surface area contributed by atoms with Crippen LogP contribution in [0.3, 0.4) is 0 Å². The van der Waals surface area contributed by atoms with Gasteiger partial charge in [0.05, 0.1) is 10.7 Å². The Kier molecular flexibility index (Phi) is 3.20. The van der Waals surface area contributed by atoms with E-state index in [9.17, 15) is 13.6 Å². The minimum absolute atomic E-state index is 0.0868. The van der Waals surface area contributed by atoms with Crippen molar-refractivity contribution in [2.45, 2.75) is 18.8 Å². The molecule has 17 heavy (non-hydrogen) atoms. The number of alkyl halides is 2. The summed E-state index contributed by atoms with van der Waals surface area (Å²) in [7, 11) is 1.65. The number of piperidine rings is 1. The summed E-state index contributed by atoms with van der Waals surface area (Å²) in [6.45, 7) is 0.174. The number of hydrogen-bond donors (Lipinski definition) is 0. The lowest BCUT2D eigenvalue weighted by atomic mass is 10.1. The Bertz CT molecular complexity index is 417. The molecule has 0 unspecified atom stereocenters. The summed E-state index contributed by atoms with van der Waals surface area (Å²) < 4.78 is 28.0. The van der Waals surface area contributed by atoms with Crippen LogP contribution in [0.25, 0.3) is 0 Å². The van der Waals surface area contributed by atoms with Gasteiger partial charge in [0.1, 0.15) is 5.69 Å². The molecule has 4 nitrogen and oxygen atoms in total. The number of aromatic nitrogens is 2. The summed E-state index contributed by atoms with van der Waals surface area (Å²) in [5.41, 5.74) is 0.398. The first kappa shape index (κ1) is 12.5. The maximum absolute atomic E-state index is 13.0. The lowest BCUT2D eigenvalue weighted by Gasteiger charge is -2.31. The Hall–Kier alpha value is -0.980. The predicted molar refractivity (Wildman–Crippen MR) is 61.0 cm³/mol. The number of carbonyl (C=O) groups excluding carboxylic acids is 1. The summed E-state index contributed by atoms with van der Waals surface area (Å²) in [5.74, 6) is -2.90. The van der Waals surface area contributed by atoms with E-state index in [-0.39, 0.29) is 31.8 Å². The maximum atomic E-state index is 13.0. The molecule has 0 atom stereocenters. The highest BCUT2D eigenvalue weighted by molar-refractivity contribution is 9.10. The van der Waals surface area contributed by atoms with E-state index in [1.807, 2.05) is 0 Å². The van der Waals surface area contributed by atoms with E-state index in [0.29, 0.717) is 10.2 Å². The fourth-order valence-corrected chi connectivity index (χ4v) is 2.36. The van der Waals surface area contributed by atoms with Crippen molar-refractivity contribution in [1.82, 2.24) is 14.7 Å². The molecule has 0 aliphatic carbocycles. The fraction of sp³-hybridized carbons (Fsp3) is 0.600. The van der Waals surface area contributed by atoms with Crippen LogP contribution in [0, 0.1) is 0 Å². The van der Waals surface area contributed by atoms with Crippen LogP contribution in [-0.4, -0.2) is 39.6 Å². The molecule has 2 heterocycles. The molecule has 1 aromatic rings. The van der Waals surface area contributed by atoms with Gasteiger partial charge in [0.15, 0.2) is 0 Å². The Morgan fingerprint density at radius 3 is 2.53 bits per heavy atom. The van der Waals surface area contributed by atoms with Crippen molar-refractivity contribution in [3.05, 3.63) is 16.4 Å². The number of rotatable bonds is 1. The molecule has 0 aromatic carbocycles. The topological polar surface area (TPSA) is 38.1 Å². The standard InChI is InChI=1S/C10H12BrF2N3O/c1-15-8(7(11)6-14-15)9(17)16-4-2-10(12,13)3-5-16/h6H,2-5H2,1H3. The van der Waals surface area contributed by atoms with Gasteiger partial charge < -0.3 is 4.90 Å². The minimum Gasteiger partial charge on any atom is -0.337 e. The first-order valence-electron chi connectivity index (χ1n) is 5.25. The van der Waals surface area contributed by atoms with Gasteiger partial charge in [-0.3, -0.25) is 9.48 Å². The van der Waals surface area contributed by atoms with Gasteiger partial charge in [-0.2, -0.15) is 5.10 Å². The molecule has 1 fully saturated rings. The second-order valence-corrected chi connectivity index (χ2v) is 4.97. The number of nitrogens with zero attached hydrogens (tertiary/aromatic N) is 3. The predicted octanol–water partition coefficient (Wildman–Crippen LogP) is 2.05. The van der Waals surface area contributed by atoms with Crippen molar-refractivity contribution in [2.24, 2.45) is 7.05 Å². The van der Waals surface area contributed by atoms with Crippen molar-refractivity contribution >= 4 is 21.8 Å². The SMILES string of the molecule is Cn1ncc(Br)c1C(=O)N1CCC(F)(F)CC1. The maximum Gasteiger partial charge on any atom is 0.273 e. The number of carbonyl (C=O) groups is 1. The molecule has 0 spiro atoms. The summed E-state index contributed by atoms with van der Waals surface area (Å²) in [5, 5.41) is 3.93. The Labute approximate surface area is 106 Å². The molecule has 1 saturated heterocycles. The Morgan fingerprint density at radius 2 is 2.06 bits per heavy atom. The molecule has 1 aliphatic heterocycles. The highest BCUT2D eigenvalue weighted by Gasteiger charge is 2.36. The average molecular weight is 308 g/mol. The van der Waals surface area contributed by atoms with Crippen molar-refractivity contribution in [2.75, 3.05) is 13.1 Å². The zero-order valence-corrected chi connectivity index (χ0v) is 10.9. The summed E-state index contributed by atoms with van der Waals surface area (Å²) in [6, 6.07) is 0. The largest absolute Gasteiger partial charge is 0.337 e. The fourth-order valence-electron chi connectivity index (χ4n) is 1.84. The van der Waals surface area contributed by atoms with E-state index >= 15 is 0 Å². The molecule has 94 valence electrons. The van der Waals surface area contributed by atoms with E-state index in [4.69, 9.17) is 0 Å². The average Bonchev–Trinajstić information content (AvgIpc) is 2.58. The third-order valence-electron chi connectivity index (χ3n) is 2.88. The highest BCUT2D eigenvalue weighted by atomic mass is 79.9. The van der Waals surface area contributed by atoms with Gasteiger partial charge in [-0.25, -0.2) is 8.78 Å². The van der Waals surface area contributed by atoms with E-state index in [0.717, 1.165) is 0 Å². The van der Waals surface area contributed by atoms with Crippen LogP contribution in [0.1, 0.15) is 23.3 Å². The van der Waals surface area contributed by atoms with Gasteiger partial charge in [-0.15, -0.1) is 0 Å². The number of likely N-dealkylation sites (tertiary alicyclic amines) is 1. The zero-order valence-electron chi connectivity index (χ0n) is 9.29. The highest BCUT2D eigenvalue weighted by Crippen LogP contribution is 2.29. The van der Waals surface area contributed by atoms with Crippen molar-refractivity contribution in [1.29, 1.82) is 0 Å². The third-order valence-corrected chi connectivity index (χ3v) is 3.46. The van der Waals surface area contributed by atoms with E-state index < -0.39 is 5.92 Å². The van der Waals surface area contributed by atoms with Crippen LogP contribution in [-0.2, 0) is 7.05 Å². The normalized spacial score (nSPS) is 19.4. The molecule has 7 heteroatoms. The van der Waals surface area contributed by atoms with Crippen LogP contribution in [0.2, 0.25) is 0 Å². The molecule has 1 aromatic heterocycles. The molecule has 0 saturated carbocycles. The second-order valence-electron chi connectivity index (χ2n) is 4.11. The quantitative estimate of drug-likeness (QED) is 0.796. The monoisotopic (exact) mass is 307 g/mol. The lowest BCUT2D eigenvalue weighted by molar-refractivity contribution is -0.0495. The third kappa shape index (κ3) is 2.48. The molecule has 0 N–H and O–H groups in total. The van der Waals surface area contributed by atoms with Gasteiger partial charge in [0.2, 0.25) is 0 Å². The molecular weight excluding hydrogens is 296 g/mol. The first-order chi connectivity index (χ1) is 7.91. The second kappa shape index (κ2) is 4.36. The van der Waals surface area contributed by atoms with Crippen molar-refractivity contribution in [3.8, 4) is 0 Å². The van der Waals surface area contributed by atoms with Gasteiger partial charge in [0.25, 0.3) is 11.8 Å². The van der Waals surface area contributed by atoms with E-state index in [1.54, 1.807) is 7.05 Å². The smallest absolute Gasteiger partial charge is 0.273 e. The van der Waals surface area contributed by atoms with Gasteiger partial charge in [-0.05, 0) is 15.9 Å². The number of halogens is 3. The summed E-state index contributed by atoms with van der Waals surface area (Å²) >= 11 is 3.23. The number of amides is 1. The molecular formula is C10H12BrF2N3O. The van der Waals surface area contributed by atoms with E-state index in [1.165, 1.54) is 15.8 Å². The molecule has 0 radical (unpaired) electrons. The van der Waals surface area contributed by atoms with E-state index in [2.05, 4.69) is 21.0 Å². The van der Waals surface area contributed by atoms with Gasteiger partial charge >= 0.3 is 0 Å². The van der Waals surface area contributed by atoms with Crippen LogP contribution < -0.4 is 0 Å². The van der Waals surface area contributed by atoms with Gasteiger partial charge in [-0.1, -0.05) is 0 Å². The van der Waals surface area contributed by atoms with Crippen molar-refractivity contribution < 1.29 is 13.6 Å². The molecule has 2 rings (SSSR count). The lowest BCUT2D eigenvalue weighted by Crippen LogP contribution is -2.43.